The van der Waals surface area contributed by atoms with Crippen LogP contribution in [0.3, 0.4) is 0 Å². The largest absolute Gasteiger partial charge is 0.323 e. The Morgan fingerprint density at radius 1 is 1.11 bits per heavy atom. The monoisotopic (exact) mass is 273 g/mol. The van der Waals surface area contributed by atoms with Crippen molar-refractivity contribution < 1.29 is 0 Å². The topological polar surface area (TPSA) is 26.0 Å². The second kappa shape index (κ2) is 5.89. The van der Waals surface area contributed by atoms with Gasteiger partial charge < -0.3 is 5.73 Å². The van der Waals surface area contributed by atoms with Gasteiger partial charge in [0.2, 0.25) is 0 Å². The van der Waals surface area contributed by atoms with E-state index in [1.54, 1.807) is 11.3 Å². The molecule has 0 saturated carbocycles. The van der Waals surface area contributed by atoms with Crippen molar-refractivity contribution in [3.8, 4) is 0 Å². The summed E-state index contributed by atoms with van der Waals surface area (Å²) in [6.07, 6.45) is 2.05. The van der Waals surface area contributed by atoms with Crippen LogP contribution < -0.4 is 5.73 Å². The van der Waals surface area contributed by atoms with Crippen LogP contribution in [-0.2, 0) is 11.8 Å². The van der Waals surface area contributed by atoms with Crippen LogP contribution >= 0.6 is 11.3 Å². The molecule has 0 amide bonds. The predicted molar refractivity (Wildman–Crippen MR) is 84.7 cm³/mol. The number of nitrogens with two attached hydrogens (primary N) is 1. The summed E-state index contributed by atoms with van der Waals surface area (Å²) < 4.78 is 0. The molecule has 1 unspecified atom stereocenters. The van der Waals surface area contributed by atoms with E-state index in [9.17, 15) is 0 Å². The van der Waals surface area contributed by atoms with Crippen LogP contribution in [0.25, 0.3) is 0 Å². The van der Waals surface area contributed by atoms with Crippen LogP contribution in [0.2, 0.25) is 0 Å². The standard InChI is InChI=1S/C17H23NS/c1-17(2,3)14-9-6-13(7-10-14)8-11-15(18)16-5-4-12-19-16/h4-7,9-10,12,15H,8,11,18H2,1-3H3. The van der Waals surface area contributed by atoms with E-state index >= 15 is 0 Å². The van der Waals surface area contributed by atoms with Gasteiger partial charge in [-0.1, -0.05) is 51.1 Å². The van der Waals surface area contributed by atoms with Crippen molar-refractivity contribution in [1.82, 2.24) is 0 Å². The average Bonchev–Trinajstić information content (AvgIpc) is 2.89. The van der Waals surface area contributed by atoms with Crippen molar-refractivity contribution in [3.05, 3.63) is 57.8 Å². The molecule has 19 heavy (non-hydrogen) atoms. The maximum Gasteiger partial charge on any atom is 0.0392 e. The first kappa shape index (κ1) is 14.3. The molecule has 0 aliphatic carbocycles. The summed E-state index contributed by atoms with van der Waals surface area (Å²) in [5.74, 6) is 0. The average molecular weight is 273 g/mol. The van der Waals surface area contributed by atoms with Gasteiger partial charge in [0.25, 0.3) is 0 Å². The van der Waals surface area contributed by atoms with E-state index in [0.29, 0.717) is 0 Å². The molecular formula is C17H23NS. The van der Waals surface area contributed by atoms with Gasteiger partial charge in [-0.3, -0.25) is 0 Å². The van der Waals surface area contributed by atoms with Crippen LogP contribution in [0.4, 0.5) is 0 Å². The Kier molecular flexibility index (Phi) is 4.43. The van der Waals surface area contributed by atoms with Gasteiger partial charge in [-0.25, -0.2) is 0 Å². The summed E-state index contributed by atoms with van der Waals surface area (Å²) in [6.45, 7) is 6.73. The van der Waals surface area contributed by atoms with Crippen LogP contribution in [0.1, 0.15) is 49.2 Å². The molecule has 2 N–H and O–H groups in total. The molecular weight excluding hydrogens is 250 g/mol. The summed E-state index contributed by atoms with van der Waals surface area (Å²) in [7, 11) is 0. The Bertz CT molecular complexity index is 491. The first-order valence-electron chi connectivity index (χ1n) is 6.85. The fraction of sp³-hybridized carbons (Fsp3) is 0.412. The summed E-state index contributed by atoms with van der Waals surface area (Å²) >= 11 is 1.75. The van der Waals surface area contributed by atoms with Crippen molar-refractivity contribution in [2.45, 2.75) is 45.1 Å². The number of aryl methyl sites for hydroxylation is 1. The molecule has 0 fully saturated rings. The molecule has 0 aliphatic rings. The van der Waals surface area contributed by atoms with Gasteiger partial charge in [-0.15, -0.1) is 11.3 Å². The van der Waals surface area contributed by atoms with Gasteiger partial charge in [0, 0.05) is 10.9 Å². The maximum atomic E-state index is 6.20. The fourth-order valence-electron chi connectivity index (χ4n) is 2.14. The van der Waals surface area contributed by atoms with Gasteiger partial charge >= 0.3 is 0 Å². The highest BCUT2D eigenvalue weighted by Gasteiger charge is 2.13. The van der Waals surface area contributed by atoms with E-state index in [2.05, 4.69) is 62.5 Å². The lowest BCUT2D eigenvalue weighted by molar-refractivity contribution is 0.589. The molecule has 2 aromatic rings. The fourth-order valence-corrected chi connectivity index (χ4v) is 2.90. The smallest absolute Gasteiger partial charge is 0.0392 e. The van der Waals surface area contributed by atoms with Crippen molar-refractivity contribution in [3.63, 3.8) is 0 Å². The van der Waals surface area contributed by atoms with Crippen molar-refractivity contribution >= 4 is 11.3 Å². The van der Waals surface area contributed by atoms with Gasteiger partial charge in [0.1, 0.15) is 0 Å². The molecule has 0 spiro atoms. The van der Waals surface area contributed by atoms with E-state index in [1.165, 1.54) is 16.0 Å². The van der Waals surface area contributed by atoms with Gasteiger partial charge in [-0.05, 0) is 40.8 Å². The molecule has 1 aromatic heterocycles. The quantitative estimate of drug-likeness (QED) is 0.860. The van der Waals surface area contributed by atoms with Crippen LogP contribution in [-0.4, -0.2) is 0 Å². The highest BCUT2D eigenvalue weighted by atomic mass is 32.1. The molecule has 102 valence electrons. The Labute approximate surface area is 120 Å². The first-order chi connectivity index (χ1) is 8.97. The van der Waals surface area contributed by atoms with Crippen molar-refractivity contribution in [1.29, 1.82) is 0 Å². The van der Waals surface area contributed by atoms with Crippen molar-refractivity contribution in [2.75, 3.05) is 0 Å². The van der Waals surface area contributed by atoms with E-state index < -0.39 is 0 Å². The van der Waals surface area contributed by atoms with Gasteiger partial charge in [0.05, 0.1) is 0 Å². The molecule has 1 heterocycles. The number of thiophene rings is 1. The Morgan fingerprint density at radius 2 is 1.79 bits per heavy atom. The lowest BCUT2D eigenvalue weighted by atomic mass is 9.86. The summed E-state index contributed by atoms with van der Waals surface area (Å²) in [6, 6.07) is 13.3. The maximum absolute atomic E-state index is 6.20. The van der Waals surface area contributed by atoms with E-state index in [1.807, 2.05) is 0 Å². The second-order valence-corrected chi connectivity index (χ2v) is 7.09. The minimum atomic E-state index is 0.169. The van der Waals surface area contributed by atoms with E-state index in [4.69, 9.17) is 5.73 Å². The normalized spacial score (nSPS) is 13.5. The zero-order chi connectivity index (χ0) is 13.9. The number of benzene rings is 1. The minimum Gasteiger partial charge on any atom is -0.323 e. The van der Waals surface area contributed by atoms with Crippen LogP contribution in [0, 0.1) is 0 Å². The Balaban J connectivity index is 1.93. The highest BCUT2D eigenvalue weighted by molar-refractivity contribution is 7.10. The zero-order valence-corrected chi connectivity index (χ0v) is 12.8. The van der Waals surface area contributed by atoms with Crippen LogP contribution in [0.5, 0.6) is 0 Å². The predicted octanol–water partition coefficient (Wildman–Crippen LogP) is 4.68. The molecule has 0 saturated heterocycles. The molecule has 1 nitrogen and oxygen atoms in total. The van der Waals surface area contributed by atoms with Crippen LogP contribution in [0.15, 0.2) is 41.8 Å². The Morgan fingerprint density at radius 3 is 2.32 bits per heavy atom. The van der Waals surface area contributed by atoms with Crippen molar-refractivity contribution in [2.24, 2.45) is 5.73 Å². The third-order valence-corrected chi connectivity index (χ3v) is 4.48. The summed E-state index contributed by atoms with van der Waals surface area (Å²) in [5, 5.41) is 2.09. The van der Waals surface area contributed by atoms with E-state index in [-0.39, 0.29) is 11.5 Å². The van der Waals surface area contributed by atoms with Gasteiger partial charge in [0.15, 0.2) is 0 Å². The number of hydrogen-bond acceptors (Lipinski definition) is 2. The summed E-state index contributed by atoms with van der Waals surface area (Å²) in [5.41, 5.74) is 9.19. The molecule has 0 bridgehead atoms. The lowest BCUT2D eigenvalue weighted by Crippen LogP contribution is -2.11. The Hall–Kier alpha value is -1.12. The third kappa shape index (κ3) is 3.92. The minimum absolute atomic E-state index is 0.169. The molecule has 0 aliphatic heterocycles. The third-order valence-electron chi connectivity index (χ3n) is 3.47. The summed E-state index contributed by atoms with van der Waals surface area (Å²) in [4.78, 5) is 1.28. The first-order valence-corrected chi connectivity index (χ1v) is 7.73. The molecule has 1 atom stereocenters. The molecule has 0 radical (unpaired) electrons. The zero-order valence-electron chi connectivity index (χ0n) is 12.0. The molecule has 1 aromatic carbocycles. The highest BCUT2D eigenvalue weighted by Crippen LogP contribution is 2.24. The van der Waals surface area contributed by atoms with E-state index in [0.717, 1.165) is 12.8 Å². The number of hydrogen-bond donors (Lipinski definition) is 1. The SMILES string of the molecule is CC(C)(C)c1ccc(CCC(N)c2cccs2)cc1. The number of rotatable bonds is 4. The van der Waals surface area contributed by atoms with Gasteiger partial charge in [-0.2, -0.15) is 0 Å². The molecule has 2 rings (SSSR count). The second-order valence-electron chi connectivity index (χ2n) is 6.11. The molecule has 2 heteroatoms. The lowest BCUT2D eigenvalue weighted by Gasteiger charge is -2.19.